The Labute approximate surface area is 139 Å². The molecule has 0 saturated carbocycles. The second kappa shape index (κ2) is 6.06. The van der Waals surface area contributed by atoms with Gasteiger partial charge in [0, 0.05) is 8.95 Å². The SMILES string of the molecule is Cc1cc(C)c(NS(=O)(=O)c2ccc(Br)cc2F)c(Br)c1. The van der Waals surface area contributed by atoms with Crippen LogP contribution in [-0.2, 0) is 10.0 Å². The Kier molecular flexibility index (Phi) is 4.75. The highest BCUT2D eigenvalue weighted by molar-refractivity contribution is 9.10. The Morgan fingerprint density at radius 1 is 1.10 bits per heavy atom. The topological polar surface area (TPSA) is 46.2 Å². The van der Waals surface area contributed by atoms with Crippen LogP contribution in [-0.4, -0.2) is 8.42 Å². The summed E-state index contributed by atoms with van der Waals surface area (Å²) in [6.07, 6.45) is 0. The van der Waals surface area contributed by atoms with Gasteiger partial charge in [-0.25, -0.2) is 12.8 Å². The van der Waals surface area contributed by atoms with Gasteiger partial charge in [-0.15, -0.1) is 0 Å². The molecule has 2 aromatic rings. The summed E-state index contributed by atoms with van der Waals surface area (Å²) in [5.74, 6) is -0.808. The molecular weight excluding hydrogens is 425 g/mol. The highest BCUT2D eigenvalue weighted by atomic mass is 79.9. The second-order valence-corrected chi connectivity index (χ2v) is 8.04. The van der Waals surface area contributed by atoms with Crippen molar-refractivity contribution in [1.82, 2.24) is 0 Å². The number of rotatable bonds is 3. The van der Waals surface area contributed by atoms with Crippen LogP contribution in [0.15, 0.2) is 44.2 Å². The van der Waals surface area contributed by atoms with E-state index in [4.69, 9.17) is 0 Å². The van der Waals surface area contributed by atoms with Gasteiger partial charge in [-0.2, -0.15) is 0 Å². The van der Waals surface area contributed by atoms with E-state index in [1.807, 2.05) is 13.0 Å². The van der Waals surface area contributed by atoms with Crippen LogP contribution in [0.25, 0.3) is 0 Å². The number of aryl methyl sites for hydroxylation is 2. The zero-order valence-corrected chi connectivity index (χ0v) is 15.2. The van der Waals surface area contributed by atoms with Crippen LogP contribution in [0.3, 0.4) is 0 Å². The molecule has 3 nitrogen and oxygen atoms in total. The molecule has 0 aliphatic carbocycles. The third-order valence-electron chi connectivity index (χ3n) is 2.85. The number of hydrogen-bond acceptors (Lipinski definition) is 2. The summed E-state index contributed by atoms with van der Waals surface area (Å²) in [4.78, 5) is -0.391. The molecule has 0 heterocycles. The van der Waals surface area contributed by atoms with Gasteiger partial charge < -0.3 is 0 Å². The number of nitrogens with one attached hydrogen (secondary N) is 1. The minimum Gasteiger partial charge on any atom is -0.278 e. The average Bonchev–Trinajstić information content (AvgIpc) is 2.33. The summed E-state index contributed by atoms with van der Waals surface area (Å²) in [6.45, 7) is 3.69. The highest BCUT2D eigenvalue weighted by Crippen LogP contribution is 2.30. The molecule has 7 heteroatoms. The lowest BCUT2D eigenvalue weighted by Crippen LogP contribution is -2.15. The zero-order chi connectivity index (χ0) is 15.8. The molecule has 0 atom stereocenters. The Bertz CT molecular complexity index is 784. The first-order chi connectivity index (χ1) is 9.70. The minimum atomic E-state index is -3.99. The van der Waals surface area contributed by atoms with Gasteiger partial charge in [0.15, 0.2) is 0 Å². The highest BCUT2D eigenvalue weighted by Gasteiger charge is 2.21. The minimum absolute atomic E-state index is 0.391. The Balaban J connectivity index is 2.47. The largest absolute Gasteiger partial charge is 0.278 e. The van der Waals surface area contributed by atoms with Crippen LogP contribution in [0.1, 0.15) is 11.1 Å². The van der Waals surface area contributed by atoms with E-state index < -0.39 is 20.7 Å². The maximum Gasteiger partial charge on any atom is 0.264 e. The van der Waals surface area contributed by atoms with Gasteiger partial charge in [0.2, 0.25) is 0 Å². The number of anilines is 1. The first kappa shape index (κ1) is 16.5. The van der Waals surface area contributed by atoms with E-state index in [0.717, 1.165) is 17.2 Å². The lowest BCUT2D eigenvalue weighted by molar-refractivity contribution is 0.570. The molecule has 0 unspecified atom stereocenters. The normalized spacial score (nSPS) is 11.5. The number of hydrogen-bond donors (Lipinski definition) is 1. The van der Waals surface area contributed by atoms with Crippen LogP contribution < -0.4 is 4.72 Å². The second-order valence-electron chi connectivity index (χ2n) is 4.62. The number of sulfonamides is 1. The van der Waals surface area contributed by atoms with Crippen LogP contribution in [0, 0.1) is 19.7 Å². The van der Waals surface area contributed by atoms with Crippen molar-refractivity contribution in [1.29, 1.82) is 0 Å². The van der Waals surface area contributed by atoms with Gasteiger partial charge >= 0.3 is 0 Å². The van der Waals surface area contributed by atoms with Gasteiger partial charge in [-0.3, -0.25) is 4.72 Å². The molecule has 0 bridgehead atoms. The van der Waals surface area contributed by atoms with Crippen LogP contribution in [0.2, 0.25) is 0 Å². The molecule has 2 aromatic carbocycles. The van der Waals surface area contributed by atoms with Gasteiger partial charge in [-0.05, 0) is 65.2 Å². The molecule has 1 N–H and O–H groups in total. The van der Waals surface area contributed by atoms with Gasteiger partial charge in [0.25, 0.3) is 10.0 Å². The fraction of sp³-hybridized carbons (Fsp3) is 0.143. The first-order valence-electron chi connectivity index (χ1n) is 5.95. The molecule has 0 radical (unpaired) electrons. The maximum absolute atomic E-state index is 13.9. The van der Waals surface area contributed by atoms with E-state index in [2.05, 4.69) is 36.6 Å². The van der Waals surface area contributed by atoms with Crippen LogP contribution in [0.4, 0.5) is 10.1 Å². The number of halogens is 3. The molecule has 0 saturated heterocycles. The third-order valence-corrected chi connectivity index (χ3v) is 5.35. The Morgan fingerprint density at radius 2 is 1.76 bits per heavy atom. The summed E-state index contributed by atoms with van der Waals surface area (Å²) in [5.41, 5.74) is 2.16. The quantitative estimate of drug-likeness (QED) is 0.753. The molecular formula is C14H12Br2FNO2S. The van der Waals surface area contributed by atoms with Crippen molar-refractivity contribution in [3.8, 4) is 0 Å². The van der Waals surface area contributed by atoms with Crippen molar-refractivity contribution in [3.05, 3.63) is 56.2 Å². The molecule has 0 amide bonds. The van der Waals surface area contributed by atoms with Gasteiger partial charge in [-0.1, -0.05) is 22.0 Å². The molecule has 112 valence electrons. The van der Waals surface area contributed by atoms with E-state index in [1.165, 1.54) is 12.1 Å². The van der Waals surface area contributed by atoms with Crippen molar-refractivity contribution < 1.29 is 12.8 Å². The summed E-state index contributed by atoms with van der Waals surface area (Å²) in [5, 5.41) is 0. The predicted molar refractivity (Wildman–Crippen MR) is 88.5 cm³/mol. The third kappa shape index (κ3) is 3.64. The van der Waals surface area contributed by atoms with E-state index in [9.17, 15) is 12.8 Å². The molecule has 0 aromatic heterocycles. The van der Waals surface area contributed by atoms with Crippen LogP contribution >= 0.6 is 31.9 Å². The van der Waals surface area contributed by atoms with Crippen LogP contribution in [0.5, 0.6) is 0 Å². The summed E-state index contributed by atoms with van der Waals surface area (Å²) in [7, 11) is -3.99. The molecule has 21 heavy (non-hydrogen) atoms. The van der Waals surface area contributed by atoms with Gasteiger partial charge in [0.05, 0.1) is 5.69 Å². The van der Waals surface area contributed by atoms with Crippen molar-refractivity contribution in [2.75, 3.05) is 4.72 Å². The predicted octanol–water partition coefficient (Wildman–Crippen LogP) is 4.77. The standard InChI is InChI=1S/C14H12Br2FNO2S/c1-8-5-9(2)14(11(16)6-8)18-21(19,20)13-4-3-10(15)7-12(13)17/h3-7,18H,1-2H3. The van der Waals surface area contributed by atoms with E-state index in [1.54, 1.807) is 13.0 Å². The molecule has 2 rings (SSSR count). The fourth-order valence-corrected chi connectivity index (χ4v) is 4.38. The van der Waals surface area contributed by atoms with E-state index >= 15 is 0 Å². The van der Waals surface area contributed by atoms with Crippen molar-refractivity contribution >= 4 is 47.6 Å². The molecule has 0 aliphatic heterocycles. The summed E-state index contributed by atoms with van der Waals surface area (Å²) >= 11 is 6.42. The number of benzene rings is 2. The molecule has 0 aliphatic rings. The maximum atomic E-state index is 13.9. The van der Waals surface area contributed by atoms with Gasteiger partial charge in [0.1, 0.15) is 10.7 Å². The fourth-order valence-electron chi connectivity index (χ4n) is 1.93. The van der Waals surface area contributed by atoms with Crippen molar-refractivity contribution in [3.63, 3.8) is 0 Å². The summed E-state index contributed by atoms with van der Waals surface area (Å²) < 4.78 is 42.0. The van der Waals surface area contributed by atoms with Crippen molar-refractivity contribution in [2.24, 2.45) is 0 Å². The lowest BCUT2D eigenvalue weighted by Gasteiger charge is -2.14. The smallest absolute Gasteiger partial charge is 0.264 e. The Morgan fingerprint density at radius 3 is 2.33 bits per heavy atom. The van der Waals surface area contributed by atoms with E-state index in [0.29, 0.717) is 14.6 Å². The summed E-state index contributed by atoms with van der Waals surface area (Å²) in [6, 6.07) is 7.46. The van der Waals surface area contributed by atoms with E-state index in [-0.39, 0.29) is 0 Å². The van der Waals surface area contributed by atoms with Crippen molar-refractivity contribution in [2.45, 2.75) is 18.7 Å². The lowest BCUT2D eigenvalue weighted by atomic mass is 10.1. The molecule has 0 spiro atoms. The average molecular weight is 437 g/mol. The monoisotopic (exact) mass is 435 g/mol. The molecule has 0 fully saturated rings. The Hall–Kier alpha value is -0.920. The zero-order valence-electron chi connectivity index (χ0n) is 11.2. The first-order valence-corrected chi connectivity index (χ1v) is 9.02.